The van der Waals surface area contributed by atoms with Crippen LogP contribution in [-0.4, -0.2) is 54.0 Å². The van der Waals surface area contributed by atoms with Crippen molar-refractivity contribution in [3.8, 4) is 0 Å². The average Bonchev–Trinajstić information content (AvgIpc) is 3.49. The molecule has 2 N–H and O–H groups in total. The summed E-state index contributed by atoms with van der Waals surface area (Å²) < 4.78 is 17.4. The van der Waals surface area contributed by atoms with E-state index in [4.69, 9.17) is 14.2 Å². The van der Waals surface area contributed by atoms with E-state index in [-0.39, 0.29) is 40.5 Å². The van der Waals surface area contributed by atoms with Gasteiger partial charge in [-0.2, -0.15) is 0 Å². The van der Waals surface area contributed by atoms with Crippen LogP contribution in [0.25, 0.3) is 0 Å². The van der Waals surface area contributed by atoms with Gasteiger partial charge in [0.1, 0.15) is 6.10 Å². The lowest BCUT2D eigenvalue weighted by molar-refractivity contribution is -0.185. The third-order valence-electron chi connectivity index (χ3n) is 14.2. The molecular weight excluding hydrogens is 480 g/mol. The molecule has 6 nitrogen and oxygen atoms in total. The number of aliphatic hydroxyl groups excluding tert-OH is 2. The minimum absolute atomic E-state index is 0.00817. The number of hydrogen-bond donors (Lipinski definition) is 2. The van der Waals surface area contributed by atoms with Gasteiger partial charge >= 0.3 is 6.16 Å². The fraction of sp³-hybridized carbons (Fsp3) is 0.969. The number of rotatable bonds is 3. The topological polar surface area (TPSA) is 85.2 Å². The highest BCUT2D eigenvalue weighted by atomic mass is 16.7. The van der Waals surface area contributed by atoms with E-state index in [2.05, 4.69) is 48.5 Å². The molecule has 6 aliphatic rings. The Morgan fingerprint density at radius 1 is 0.974 bits per heavy atom. The second-order valence-electron chi connectivity index (χ2n) is 15.9. The van der Waals surface area contributed by atoms with Crippen molar-refractivity contribution >= 4 is 6.16 Å². The minimum atomic E-state index is -0.667. The molecule has 0 aromatic rings. The van der Waals surface area contributed by atoms with Crippen molar-refractivity contribution in [1.29, 1.82) is 0 Å². The van der Waals surface area contributed by atoms with Crippen LogP contribution >= 0.6 is 0 Å². The Balaban J connectivity index is 1.33. The Morgan fingerprint density at radius 3 is 2.29 bits per heavy atom. The second-order valence-corrected chi connectivity index (χ2v) is 15.9. The van der Waals surface area contributed by atoms with Gasteiger partial charge in [-0.25, -0.2) is 4.79 Å². The molecule has 5 aliphatic carbocycles. The third-order valence-corrected chi connectivity index (χ3v) is 14.2. The summed E-state index contributed by atoms with van der Waals surface area (Å²) in [4.78, 5) is 12.1. The minimum Gasteiger partial charge on any atom is -0.438 e. The van der Waals surface area contributed by atoms with Crippen molar-refractivity contribution in [2.24, 2.45) is 56.7 Å². The van der Waals surface area contributed by atoms with Crippen LogP contribution < -0.4 is 0 Å². The number of aliphatic hydroxyl groups is 2. The maximum atomic E-state index is 12.3. The average molecular weight is 533 g/mol. The number of carbonyl (C=O) groups is 1. The normalized spacial score (nSPS) is 55.0. The molecular formula is C32H52O6. The van der Waals surface area contributed by atoms with Gasteiger partial charge in [0.05, 0.1) is 31.5 Å². The van der Waals surface area contributed by atoms with Gasteiger partial charge in [0.2, 0.25) is 0 Å². The number of methoxy groups -OCH3 is 1. The predicted molar refractivity (Wildman–Crippen MR) is 144 cm³/mol. The number of carbonyl (C=O) groups excluding carboxylic acids is 1. The monoisotopic (exact) mass is 532 g/mol. The molecule has 6 rings (SSSR count). The molecule has 13 atom stereocenters. The van der Waals surface area contributed by atoms with Gasteiger partial charge < -0.3 is 24.4 Å². The summed E-state index contributed by atoms with van der Waals surface area (Å²) in [7, 11) is 1.34. The Morgan fingerprint density at radius 2 is 1.63 bits per heavy atom. The van der Waals surface area contributed by atoms with Crippen LogP contribution in [0.15, 0.2) is 0 Å². The van der Waals surface area contributed by atoms with Gasteiger partial charge in [-0.3, -0.25) is 0 Å². The molecule has 1 saturated heterocycles. The van der Waals surface area contributed by atoms with Crippen molar-refractivity contribution in [1.82, 2.24) is 0 Å². The van der Waals surface area contributed by atoms with Gasteiger partial charge in [0.25, 0.3) is 0 Å². The zero-order valence-corrected chi connectivity index (χ0v) is 25.0. The zero-order valence-electron chi connectivity index (χ0n) is 25.0. The molecule has 1 heterocycles. The number of hydrogen-bond acceptors (Lipinski definition) is 6. The Kier molecular flexibility index (Phi) is 6.00. The molecule has 0 bridgehead atoms. The van der Waals surface area contributed by atoms with Gasteiger partial charge in [0.15, 0.2) is 0 Å². The predicted octanol–water partition coefficient (Wildman–Crippen LogP) is 5.97. The van der Waals surface area contributed by atoms with E-state index in [0.717, 1.165) is 38.5 Å². The Hall–Kier alpha value is -0.850. The molecule has 6 fully saturated rings. The van der Waals surface area contributed by atoms with Crippen LogP contribution in [0.2, 0.25) is 0 Å². The van der Waals surface area contributed by atoms with Crippen LogP contribution in [0.1, 0.15) is 99.8 Å². The number of ether oxygens (including phenoxy) is 3. The zero-order chi connectivity index (χ0) is 27.6. The van der Waals surface area contributed by atoms with E-state index in [9.17, 15) is 15.0 Å². The summed E-state index contributed by atoms with van der Waals surface area (Å²) >= 11 is 0. The summed E-state index contributed by atoms with van der Waals surface area (Å²) in [6.07, 6.45) is 6.56. The van der Waals surface area contributed by atoms with E-state index in [0.29, 0.717) is 34.5 Å². The summed E-state index contributed by atoms with van der Waals surface area (Å²) in [5.41, 5.74) is 0.395. The van der Waals surface area contributed by atoms with Crippen molar-refractivity contribution in [2.75, 3.05) is 7.11 Å². The van der Waals surface area contributed by atoms with Crippen molar-refractivity contribution in [3.05, 3.63) is 0 Å². The summed E-state index contributed by atoms with van der Waals surface area (Å²) in [6, 6.07) is 0. The third kappa shape index (κ3) is 3.09. The van der Waals surface area contributed by atoms with Crippen LogP contribution in [0.5, 0.6) is 0 Å². The molecule has 5 saturated carbocycles. The molecule has 6 heteroatoms. The summed E-state index contributed by atoms with van der Waals surface area (Å²) in [5, 5.41) is 23.3. The molecule has 8 unspecified atom stereocenters. The van der Waals surface area contributed by atoms with Gasteiger partial charge in [-0.05, 0) is 103 Å². The van der Waals surface area contributed by atoms with E-state index in [1.165, 1.54) is 20.0 Å². The lowest BCUT2D eigenvalue weighted by Crippen LogP contribution is -2.59. The fourth-order valence-corrected chi connectivity index (χ4v) is 12.3. The Labute approximate surface area is 229 Å². The van der Waals surface area contributed by atoms with Crippen LogP contribution in [0.3, 0.4) is 0 Å². The molecule has 0 amide bonds. The highest BCUT2D eigenvalue weighted by Crippen LogP contribution is 2.89. The first-order chi connectivity index (χ1) is 17.7. The first-order valence-electron chi connectivity index (χ1n) is 15.5. The van der Waals surface area contributed by atoms with Crippen molar-refractivity contribution in [3.63, 3.8) is 0 Å². The van der Waals surface area contributed by atoms with E-state index >= 15 is 0 Å². The lowest BCUT2D eigenvalue weighted by Gasteiger charge is -2.63. The summed E-state index contributed by atoms with van der Waals surface area (Å²) in [6.45, 7) is 15.9. The molecule has 216 valence electrons. The highest BCUT2D eigenvalue weighted by molar-refractivity contribution is 5.59. The maximum Gasteiger partial charge on any atom is 0.508 e. The first kappa shape index (κ1) is 27.3. The molecule has 0 aromatic carbocycles. The second kappa shape index (κ2) is 8.35. The molecule has 2 spiro atoms. The maximum absolute atomic E-state index is 12.3. The van der Waals surface area contributed by atoms with E-state index in [1.807, 2.05) is 0 Å². The SMILES string of the molecule is COC(=O)OC(C(C)C)C1C[C@@H](C)[C@H]2C(O1)[C@H](O)[C@@]1(C)C3CC[C@H]4C(C)(C)C(O)CCC45CC35CCC21C. The van der Waals surface area contributed by atoms with Crippen LogP contribution in [0.4, 0.5) is 4.79 Å². The van der Waals surface area contributed by atoms with Crippen molar-refractivity contribution < 1.29 is 29.2 Å². The number of fused-ring (bicyclic) bond motifs is 4. The Bertz CT molecular complexity index is 979. The first-order valence-corrected chi connectivity index (χ1v) is 15.5. The van der Waals surface area contributed by atoms with Gasteiger partial charge in [-0.1, -0.05) is 48.5 Å². The van der Waals surface area contributed by atoms with Crippen LogP contribution in [-0.2, 0) is 14.2 Å². The lowest BCUT2D eigenvalue weighted by atomic mass is 9.41. The standard InChI is InChI=1S/C32H52O6/c1-17(2)24(38-27(35)36-8)19-15-18(3)23-25(37-19)26(34)30(7)21-10-9-20-28(4,5)22(33)11-12-31(20)16-32(21,31)14-13-29(23,30)6/h17-26,33-34H,9-16H2,1-8H3/t18-,19?,20+,21?,22?,23+,24?,25?,26+,29?,30-,31?,32?/m1/s1. The molecule has 1 aliphatic heterocycles. The van der Waals surface area contributed by atoms with Gasteiger partial charge in [0, 0.05) is 5.41 Å². The van der Waals surface area contributed by atoms with Crippen LogP contribution in [0, 0.1) is 56.7 Å². The summed E-state index contributed by atoms with van der Waals surface area (Å²) in [5.74, 6) is 1.80. The largest absolute Gasteiger partial charge is 0.508 e. The smallest absolute Gasteiger partial charge is 0.438 e. The highest BCUT2D eigenvalue weighted by Gasteiger charge is 2.84. The molecule has 0 aromatic heterocycles. The van der Waals surface area contributed by atoms with Crippen molar-refractivity contribution in [2.45, 2.75) is 130 Å². The molecule has 38 heavy (non-hydrogen) atoms. The van der Waals surface area contributed by atoms with Gasteiger partial charge in [-0.15, -0.1) is 0 Å². The quantitative estimate of drug-likeness (QED) is 0.436. The van der Waals surface area contributed by atoms with E-state index in [1.54, 1.807) is 0 Å². The molecule has 0 radical (unpaired) electrons. The fourth-order valence-electron chi connectivity index (χ4n) is 12.3. The van der Waals surface area contributed by atoms with E-state index < -0.39 is 18.4 Å².